The van der Waals surface area contributed by atoms with Gasteiger partial charge in [-0.05, 0) is 90.8 Å². The number of aliphatic hydroxyl groups is 1. The van der Waals surface area contributed by atoms with E-state index in [2.05, 4.69) is 63.2 Å². The number of ether oxygens (including phenoxy) is 3. The number of aryl methyl sites for hydroxylation is 2. The molecule has 1 heterocycles. The van der Waals surface area contributed by atoms with Crippen LogP contribution in [-0.4, -0.2) is 23.9 Å². The Hall–Kier alpha value is -2.98. The molecule has 1 fully saturated rings. The molecule has 33 heavy (non-hydrogen) atoms. The van der Waals surface area contributed by atoms with Crippen LogP contribution in [0.2, 0.25) is 0 Å². The topological polar surface area (TPSA) is 47.9 Å². The van der Waals surface area contributed by atoms with E-state index >= 15 is 0 Å². The molecule has 3 aromatic rings. The largest absolute Gasteiger partial charge is 0.493 e. The van der Waals surface area contributed by atoms with E-state index in [9.17, 15) is 0 Å². The lowest BCUT2D eigenvalue weighted by Gasteiger charge is -2.18. The highest BCUT2D eigenvalue weighted by atomic mass is 16.5. The molecule has 0 radical (unpaired) electrons. The van der Waals surface area contributed by atoms with Gasteiger partial charge in [0.2, 0.25) is 0 Å². The van der Waals surface area contributed by atoms with Crippen LogP contribution in [0.1, 0.15) is 47.1 Å². The van der Waals surface area contributed by atoms with Crippen LogP contribution in [0.3, 0.4) is 0 Å². The molecule has 172 valence electrons. The van der Waals surface area contributed by atoms with Crippen LogP contribution < -0.4 is 14.2 Å². The molecule has 0 atom stereocenters. The molecule has 1 N–H and O–H groups in total. The summed E-state index contributed by atoms with van der Waals surface area (Å²) in [4.78, 5) is 0. The molecule has 4 nitrogen and oxygen atoms in total. The van der Waals surface area contributed by atoms with Crippen LogP contribution >= 0.6 is 0 Å². The molecule has 3 aromatic carbocycles. The van der Waals surface area contributed by atoms with E-state index in [-0.39, 0.29) is 12.2 Å². The molecule has 0 aromatic heterocycles. The Bertz CT molecular complexity index is 1150. The Morgan fingerprint density at radius 2 is 1.73 bits per heavy atom. The van der Waals surface area contributed by atoms with Crippen molar-refractivity contribution in [3.63, 3.8) is 0 Å². The van der Waals surface area contributed by atoms with Crippen LogP contribution in [0, 0.1) is 20.8 Å². The van der Waals surface area contributed by atoms with Gasteiger partial charge >= 0.3 is 0 Å². The van der Waals surface area contributed by atoms with Crippen LogP contribution in [0.15, 0.2) is 48.5 Å². The number of benzene rings is 3. The number of aliphatic hydroxyl groups excluding tert-OH is 1. The predicted octanol–water partition coefficient (Wildman–Crippen LogP) is 6.09. The van der Waals surface area contributed by atoms with Gasteiger partial charge in [-0.1, -0.05) is 24.3 Å². The van der Waals surface area contributed by atoms with Crippen molar-refractivity contribution in [1.82, 2.24) is 0 Å². The summed E-state index contributed by atoms with van der Waals surface area (Å²) in [6, 6.07) is 16.8. The van der Waals surface area contributed by atoms with Crippen molar-refractivity contribution < 1.29 is 19.3 Å². The molecule has 0 bridgehead atoms. The minimum Gasteiger partial charge on any atom is -0.493 e. The highest BCUT2D eigenvalue weighted by Crippen LogP contribution is 2.50. The van der Waals surface area contributed by atoms with Gasteiger partial charge in [-0.25, -0.2) is 0 Å². The molecule has 1 spiro atoms. The van der Waals surface area contributed by atoms with Gasteiger partial charge < -0.3 is 19.3 Å². The first kappa shape index (κ1) is 21.8. The zero-order valence-corrected chi connectivity index (χ0v) is 19.7. The molecule has 2 aliphatic rings. The molecule has 0 unspecified atom stereocenters. The van der Waals surface area contributed by atoms with Crippen molar-refractivity contribution in [1.29, 1.82) is 0 Å². The fourth-order valence-corrected chi connectivity index (χ4v) is 4.86. The van der Waals surface area contributed by atoms with E-state index in [1.165, 1.54) is 51.8 Å². The van der Waals surface area contributed by atoms with Crippen molar-refractivity contribution in [2.24, 2.45) is 0 Å². The van der Waals surface area contributed by atoms with Crippen LogP contribution in [-0.2, 0) is 13.0 Å². The maximum atomic E-state index is 8.99. The van der Waals surface area contributed by atoms with E-state index < -0.39 is 0 Å². The first-order valence-electron chi connectivity index (χ1n) is 11.9. The van der Waals surface area contributed by atoms with E-state index in [0.29, 0.717) is 19.6 Å². The van der Waals surface area contributed by atoms with E-state index in [4.69, 9.17) is 19.3 Å². The third kappa shape index (κ3) is 4.45. The lowest BCUT2D eigenvalue weighted by molar-refractivity contribution is 0.210. The first-order valence-corrected chi connectivity index (χ1v) is 11.9. The van der Waals surface area contributed by atoms with E-state index in [1.807, 2.05) is 6.07 Å². The third-order valence-electron chi connectivity index (χ3n) is 6.87. The maximum Gasteiger partial charge on any atom is 0.127 e. The van der Waals surface area contributed by atoms with Gasteiger partial charge in [0.25, 0.3) is 0 Å². The van der Waals surface area contributed by atoms with E-state index in [1.54, 1.807) is 0 Å². The normalized spacial score (nSPS) is 15.3. The highest BCUT2D eigenvalue weighted by Gasteiger charge is 2.49. The van der Waals surface area contributed by atoms with Crippen molar-refractivity contribution in [2.45, 2.75) is 58.7 Å². The average molecular weight is 445 g/mol. The van der Waals surface area contributed by atoms with Gasteiger partial charge in [-0.15, -0.1) is 0 Å². The second kappa shape index (κ2) is 8.75. The Morgan fingerprint density at radius 3 is 2.45 bits per heavy atom. The standard InChI is InChI=1S/C29H32O4/c1-19-14-25(31-13-5-12-30)15-20(2)28(19)26-7-4-6-23(21(26)3)18-32-24-9-8-22-17-29(10-11-29)33-27(22)16-24/h4,6-9,14-16,30H,5,10-13,17-18H2,1-3H3. The van der Waals surface area contributed by atoms with Crippen molar-refractivity contribution in [3.05, 3.63) is 76.3 Å². The Labute approximate surface area is 196 Å². The van der Waals surface area contributed by atoms with Crippen LogP contribution in [0.4, 0.5) is 0 Å². The first-order chi connectivity index (χ1) is 16.0. The molecule has 5 rings (SSSR count). The molecule has 0 saturated heterocycles. The molecule has 1 aliphatic carbocycles. The molecule has 0 amide bonds. The summed E-state index contributed by atoms with van der Waals surface area (Å²) < 4.78 is 18.2. The second-order valence-electron chi connectivity index (χ2n) is 9.47. The minimum atomic E-state index is 0.0982. The number of hydrogen-bond donors (Lipinski definition) is 1. The summed E-state index contributed by atoms with van der Waals surface area (Å²) in [6.45, 7) is 7.60. The second-order valence-corrected chi connectivity index (χ2v) is 9.47. The number of hydrogen-bond acceptors (Lipinski definition) is 4. The van der Waals surface area contributed by atoms with Gasteiger partial charge in [-0.3, -0.25) is 0 Å². The quantitative estimate of drug-likeness (QED) is 0.427. The summed E-state index contributed by atoms with van der Waals surface area (Å²) in [5.74, 6) is 2.70. The molecule has 1 saturated carbocycles. The lowest BCUT2D eigenvalue weighted by atomic mass is 9.90. The number of rotatable bonds is 8. The monoisotopic (exact) mass is 444 g/mol. The van der Waals surface area contributed by atoms with Gasteiger partial charge in [-0.2, -0.15) is 0 Å². The summed E-state index contributed by atoms with van der Waals surface area (Å²) in [6.07, 6.45) is 4.00. The third-order valence-corrected chi connectivity index (χ3v) is 6.87. The SMILES string of the molecule is Cc1cc(OCCCO)cc(C)c1-c1cccc(COc2ccc3c(c2)OC2(CC2)C3)c1C. The van der Waals surface area contributed by atoms with Crippen molar-refractivity contribution in [3.8, 4) is 28.4 Å². The smallest absolute Gasteiger partial charge is 0.127 e. The van der Waals surface area contributed by atoms with Gasteiger partial charge in [0.05, 0.1) is 6.61 Å². The zero-order valence-electron chi connectivity index (χ0n) is 19.7. The zero-order chi connectivity index (χ0) is 23.0. The van der Waals surface area contributed by atoms with Crippen LogP contribution in [0.5, 0.6) is 17.2 Å². The summed E-state index contributed by atoms with van der Waals surface area (Å²) >= 11 is 0. The highest BCUT2D eigenvalue weighted by molar-refractivity contribution is 5.75. The summed E-state index contributed by atoms with van der Waals surface area (Å²) in [5.41, 5.74) is 8.63. The van der Waals surface area contributed by atoms with Crippen molar-refractivity contribution in [2.75, 3.05) is 13.2 Å². The Kier molecular flexibility index (Phi) is 5.79. The minimum absolute atomic E-state index is 0.0982. The maximum absolute atomic E-state index is 8.99. The summed E-state index contributed by atoms with van der Waals surface area (Å²) in [5, 5.41) is 8.99. The number of fused-ring (bicyclic) bond motifs is 1. The van der Waals surface area contributed by atoms with Crippen molar-refractivity contribution >= 4 is 0 Å². The molecular weight excluding hydrogens is 412 g/mol. The predicted molar refractivity (Wildman–Crippen MR) is 130 cm³/mol. The Balaban J connectivity index is 1.33. The fraction of sp³-hybridized carbons (Fsp3) is 0.379. The molecule has 1 aliphatic heterocycles. The molecule has 4 heteroatoms. The average Bonchev–Trinajstić information content (AvgIpc) is 3.43. The van der Waals surface area contributed by atoms with Crippen LogP contribution in [0.25, 0.3) is 11.1 Å². The fourth-order valence-electron chi connectivity index (χ4n) is 4.86. The van der Waals surface area contributed by atoms with E-state index in [0.717, 1.165) is 23.7 Å². The van der Waals surface area contributed by atoms with Gasteiger partial charge in [0.15, 0.2) is 0 Å². The van der Waals surface area contributed by atoms with Gasteiger partial charge in [0, 0.05) is 25.5 Å². The summed E-state index contributed by atoms with van der Waals surface area (Å²) in [7, 11) is 0. The van der Waals surface area contributed by atoms with Gasteiger partial charge in [0.1, 0.15) is 29.5 Å². The molecular formula is C29H32O4. The Morgan fingerprint density at radius 1 is 0.939 bits per heavy atom. The lowest BCUT2D eigenvalue weighted by Crippen LogP contribution is -2.12.